The van der Waals surface area contributed by atoms with Crippen LogP contribution < -0.4 is 0 Å². The fourth-order valence-electron chi connectivity index (χ4n) is 8.09. The van der Waals surface area contributed by atoms with Crippen molar-refractivity contribution in [2.45, 2.75) is 124 Å². The number of hydrogen-bond donors (Lipinski definition) is 2. The van der Waals surface area contributed by atoms with Gasteiger partial charge in [0.15, 0.2) is 0 Å². The number of rotatable bonds is 4. The first-order valence-electron chi connectivity index (χ1n) is 23.3. The van der Waals surface area contributed by atoms with Gasteiger partial charge in [-0.05, 0) is 134 Å². The van der Waals surface area contributed by atoms with Crippen LogP contribution in [-0.4, -0.2) is 28.0 Å². The Morgan fingerprint density at radius 2 is 0.939 bits per heavy atom. The topological polar surface area (TPSA) is 82.1 Å². The van der Waals surface area contributed by atoms with E-state index in [1.165, 1.54) is 22.3 Å². The number of nitrogens with one attached hydrogen (secondary N) is 2. The standard InChI is InChI=1S/C59H66N6Si/c1-56(2,3)40-30-38(31-41(34-40)57(4,5)6)53-47-22-20-45(60-47)36-46-21-23-48(61-46)54(39-32-42(58(7,8)9)35-43(33-39)59(10,11)12)50-25-27-52(63-50)55(51-26-24-49(53)62-51)65-64-44-18-16-37(17-19-44)28-29-66(13,14)15/h16-27,30-36,60,63H,1-15H3. The number of fused-ring (bicyclic) bond motifs is 8. The molecule has 5 heterocycles. The molecule has 0 aliphatic carbocycles. The molecule has 8 bridgehead atoms. The zero-order valence-electron chi connectivity index (χ0n) is 41.8. The van der Waals surface area contributed by atoms with E-state index in [0.29, 0.717) is 11.4 Å². The molecule has 0 radical (unpaired) electrons. The van der Waals surface area contributed by atoms with Crippen molar-refractivity contribution in [1.29, 1.82) is 0 Å². The molecule has 0 saturated carbocycles. The molecule has 0 unspecified atom stereocenters. The third-order valence-electron chi connectivity index (χ3n) is 12.2. The highest BCUT2D eigenvalue weighted by Gasteiger charge is 2.25. The summed E-state index contributed by atoms with van der Waals surface area (Å²) in [7, 11) is -1.52. The molecule has 2 aliphatic heterocycles. The minimum atomic E-state index is -1.52. The second-order valence-electron chi connectivity index (χ2n) is 23.2. The number of nitrogens with zero attached hydrogens (tertiary/aromatic N) is 4. The van der Waals surface area contributed by atoms with Gasteiger partial charge in [-0.2, -0.15) is 5.11 Å². The van der Waals surface area contributed by atoms with Crippen LogP contribution >= 0.6 is 0 Å². The molecule has 2 aliphatic rings. The number of aromatic amines is 2. The summed E-state index contributed by atoms with van der Waals surface area (Å²) in [4.78, 5) is 18.4. The zero-order valence-corrected chi connectivity index (χ0v) is 42.8. The summed E-state index contributed by atoms with van der Waals surface area (Å²) in [5.41, 5.74) is 21.8. The Kier molecular flexibility index (Phi) is 11.8. The lowest BCUT2D eigenvalue weighted by atomic mass is 9.78. The molecule has 66 heavy (non-hydrogen) atoms. The van der Waals surface area contributed by atoms with Crippen molar-refractivity contribution in [2.75, 3.05) is 0 Å². The summed E-state index contributed by atoms with van der Waals surface area (Å²) in [6.45, 7) is 34.1. The van der Waals surface area contributed by atoms with Gasteiger partial charge in [0.05, 0.1) is 34.0 Å². The molecule has 6 aromatic rings. The van der Waals surface area contributed by atoms with Gasteiger partial charge < -0.3 is 9.97 Å². The van der Waals surface area contributed by atoms with Gasteiger partial charge in [0.25, 0.3) is 0 Å². The van der Waals surface area contributed by atoms with Gasteiger partial charge in [-0.15, -0.1) is 10.7 Å². The summed E-state index contributed by atoms with van der Waals surface area (Å²) in [6, 6.07) is 32.8. The summed E-state index contributed by atoms with van der Waals surface area (Å²) in [6.07, 6.45) is 8.44. The molecule has 3 aromatic carbocycles. The maximum Gasteiger partial charge on any atom is 0.135 e. The second kappa shape index (κ2) is 16.8. The van der Waals surface area contributed by atoms with Crippen LogP contribution in [0.3, 0.4) is 0 Å². The van der Waals surface area contributed by atoms with Gasteiger partial charge in [-0.1, -0.05) is 145 Å². The van der Waals surface area contributed by atoms with Gasteiger partial charge in [-0.25, -0.2) is 9.97 Å². The number of azo groups is 1. The number of aromatic nitrogens is 4. The average Bonchev–Trinajstić information content (AvgIpc) is 4.06. The predicted octanol–water partition coefficient (Wildman–Crippen LogP) is 16.8. The summed E-state index contributed by atoms with van der Waals surface area (Å²) in [5.74, 6) is 3.36. The molecule has 0 atom stereocenters. The van der Waals surface area contributed by atoms with Gasteiger partial charge in [0.1, 0.15) is 13.8 Å². The molecule has 6 nitrogen and oxygen atoms in total. The van der Waals surface area contributed by atoms with Crippen LogP contribution in [0.4, 0.5) is 11.4 Å². The number of hydrogen-bond acceptors (Lipinski definition) is 4. The zero-order chi connectivity index (χ0) is 47.6. The van der Waals surface area contributed by atoms with Crippen molar-refractivity contribution in [3.8, 4) is 33.7 Å². The van der Waals surface area contributed by atoms with Crippen molar-refractivity contribution in [3.63, 3.8) is 0 Å². The fourth-order valence-corrected chi connectivity index (χ4v) is 8.61. The smallest absolute Gasteiger partial charge is 0.135 e. The monoisotopic (exact) mass is 887 g/mol. The van der Waals surface area contributed by atoms with E-state index in [-0.39, 0.29) is 21.7 Å². The van der Waals surface area contributed by atoms with Crippen LogP contribution in [0.5, 0.6) is 0 Å². The Labute approximate surface area is 393 Å². The lowest BCUT2D eigenvalue weighted by molar-refractivity contribution is 0.568. The minimum absolute atomic E-state index is 0.0701. The van der Waals surface area contributed by atoms with E-state index in [0.717, 1.165) is 72.7 Å². The largest absolute Gasteiger partial charge is 0.355 e. The summed E-state index contributed by atoms with van der Waals surface area (Å²) >= 11 is 0. The first kappa shape index (κ1) is 46.2. The Balaban J connectivity index is 1.46. The lowest BCUT2D eigenvalue weighted by Crippen LogP contribution is -2.16. The third-order valence-corrected chi connectivity index (χ3v) is 13.0. The Hall–Kier alpha value is -6.36. The molecular formula is C59H66N6Si. The molecule has 2 N–H and O–H groups in total. The van der Waals surface area contributed by atoms with Crippen LogP contribution in [0, 0.1) is 11.5 Å². The van der Waals surface area contributed by atoms with Crippen molar-refractivity contribution in [2.24, 2.45) is 10.2 Å². The quantitative estimate of drug-likeness (QED) is 0.105. The summed E-state index contributed by atoms with van der Waals surface area (Å²) in [5, 5.41) is 9.91. The Bertz CT molecular complexity index is 3060. The van der Waals surface area contributed by atoms with E-state index in [1.807, 2.05) is 24.3 Å². The van der Waals surface area contributed by atoms with Crippen molar-refractivity contribution in [3.05, 3.63) is 142 Å². The van der Waals surface area contributed by atoms with E-state index in [1.54, 1.807) is 0 Å². The SMILES string of the molecule is CC(C)(C)c1cc(-c2c3nc(c(N=Nc4ccc(C#C[Si](C)(C)C)cc4)c4ccc([nH]4)c(-c4cc(C(C)(C)C)cc(C(C)(C)C)c4)c4nc(cc5ccc2[nH]5)C=C4)C=C3)cc(C(C)(C)C)c1. The molecule has 0 fully saturated rings. The summed E-state index contributed by atoms with van der Waals surface area (Å²) < 4.78 is 0. The second-order valence-corrected chi connectivity index (χ2v) is 27.9. The molecule has 3 aromatic heterocycles. The average molecular weight is 887 g/mol. The molecule has 8 rings (SSSR count). The third kappa shape index (κ3) is 10.2. The van der Waals surface area contributed by atoms with Crippen molar-refractivity contribution in [1.82, 2.24) is 19.9 Å². The van der Waals surface area contributed by atoms with Crippen LogP contribution in [0.25, 0.3) is 68.6 Å². The van der Waals surface area contributed by atoms with E-state index in [9.17, 15) is 0 Å². The van der Waals surface area contributed by atoms with Crippen LogP contribution in [0.2, 0.25) is 19.6 Å². The maximum absolute atomic E-state index is 5.46. The van der Waals surface area contributed by atoms with E-state index in [4.69, 9.17) is 20.2 Å². The highest BCUT2D eigenvalue weighted by Crippen LogP contribution is 2.41. The molecule has 0 saturated heterocycles. The first-order valence-corrected chi connectivity index (χ1v) is 26.8. The molecule has 0 amide bonds. The maximum atomic E-state index is 5.46. The Morgan fingerprint density at radius 3 is 1.47 bits per heavy atom. The lowest BCUT2D eigenvalue weighted by Gasteiger charge is -2.26. The van der Waals surface area contributed by atoms with Gasteiger partial charge >= 0.3 is 0 Å². The Morgan fingerprint density at radius 1 is 0.470 bits per heavy atom. The van der Waals surface area contributed by atoms with E-state index in [2.05, 4.69) is 215 Å². The van der Waals surface area contributed by atoms with Crippen LogP contribution in [0.1, 0.15) is 134 Å². The van der Waals surface area contributed by atoms with Crippen molar-refractivity contribution < 1.29 is 0 Å². The molecule has 0 spiro atoms. The number of benzene rings is 3. The molecular weight excluding hydrogens is 821 g/mol. The number of H-pyrrole nitrogens is 2. The highest BCUT2D eigenvalue weighted by molar-refractivity contribution is 6.83. The first-order chi connectivity index (χ1) is 30.8. The van der Waals surface area contributed by atoms with Gasteiger partial charge in [-0.3, -0.25) is 0 Å². The van der Waals surface area contributed by atoms with Crippen LogP contribution in [-0.2, 0) is 21.7 Å². The highest BCUT2D eigenvalue weighted by atomic mass is 28.3. The van der Waals surface area contributed by atoms with Crippen molar-refractivity contribution >= 4 is 65.8 Å². The predicted molar refractivity (Wildman–Crippen MR) is 285 cm³/mol. The van der Waals surface area contributed by atoms with Crippen LogP contribution in [0.15, 0.2) is 101 Å². The normalized spacial score (nSPS) is 13.4. The van der Waals surface area contributed by atoms with E-state index >= 15 is 0 Å². The fraction of sp³-hybridized carbons (Fsp3) is 0.322. The molecule has 7 heteroatoms. The van der Waals surface area contributed by atoms with Gasteiger partial charge in [0, 0.05) is 33.2 Å². The van der Waals surface area contributed by atoms with Gasteiger partial charge in [0.2, 0.25) is 0 Å². The molecule has 336 valence electrons. The minimum Gasteiger partial charge on any atom is -0.355 e. The van der Waals surface area contributed by atoms with E-state index < -0.39 is 8.07 Å².